The first-order valence-electron chi connectivity index (χ1n) is 5.92. The summed E-state index contributed by atoms with van der Waals surface area (Å²) in [7, 11) is 5.43. The molecule has 0 unspecified atom stereocenters. The van der Waals surface area contributed by atoms with Crippen molar-refractivity contribution in [1.29, 1.82) is 0 Å². The number of amides is 1. The van der Waals surface area contributed by atoms with Crippen LogP contribution in [0.4, 0.5) is 0 Å². The molecule has 0 bridgehead atoms. The molecule has 0 aliphatic heterocycles. The van der Waals surface area contributed by atoms with Crippen LogP contribution in [0.3, 0.4) is 0 Å². The third kappa shape index (κ3) is 4.56. The molecule has 0 spiro atoms. The smallest absolute Gasteiger partial charge is 0.256 e. The number of rotatable bonds is 6. The normalized spacial score (nSPS) is 10.6. The molecule has 0 aliphatic carbocycles. The summed E-state index contributed by atoms with van der Waals surface area (Å²) in [5.41, 5.74) is 0.279. The Hall–Kier alpha value is -0.970. The van der Waals surface area contributed by atoms with E-state index in [1.54, 1.807) is 12.1 Å². The number of benzene rings is 1. The van der Waals surface area contributed by atoms with Crippen LogP contribution in [0.25, 0.3) is 0 Å². The molecular weight excluding hydrogens is 287 g/mol. The maximum absolute atomic E-state index is 12.1. The van der Waals surface area contributed by atoms with E-state index < -0.39 is 0 Å². The minimum absolute atomic E-state index is 0.275. The van der Waals surface area contributed by atoms with Gasteiger partial charge in [0.1, 0.15) is 5.56 Å². The summed E-state index contributed by atoms with van der Waals surface area (Å²) < 4.78 is 5.14. The first kappa shape index (κ1) is 16.1. The van der Waals surface area contributed by atoms with Crippen molar-refractivity contribution in [2.45, 2.75) is 6.42 Å². The lowest BCUT2D eigenvalue weighted by atomic mass is 10.2. The standard InChI is InChI=1S/C13H18Cl2N2O2/c1-17(2)8-4-7-16-13(18)11-9(14)5-6-10(15)12(11)19-3/h5-6H,4,7-8H2,1-3H3,(H,16,18). The van der Waals surface area contributed by atoms with E-state index in [2.05, 4.69) is 10.2 Å². The van der Waals surface area contributed by atoms with Gasteiger partial charge in [0, 0.05) is 6.54 Å². The number of hydrogen-bond donors (Lipinski definition) is 1. The molecule has 106 valence electrons. The zero-order valence-corrected chi connectivity index (χ0v) is 12.8. The fourth-order valence-corrected chi connectivity index (χ4v) is 2.10. The number of nitrogens with one attached hydrogen (secondary N) is 1. The topological polar surface area (TPSA) is 41.6 Å². The monoisotopic (exact) mass is 304 g/mol. The molecule has 0 aromatic heterocycles. The van der Waals surface area contributed by atoms with Gasteiger partial charge in [0.25, 0.3) is 5.91 Å². The van der Waals surface area contributed by atoms with Crippen LogP contribution >= 0.6 is 23.2 Å². The maximum Gasteiger partial charge on any atom is 0.256 e. The van der Waals surface area contributed by atoms with E-state index in [0.717, 1.165) is 13.0 Å². The number of carbonyl (C=O) groups excluding carboxylic acids is 1. The van der Waals surface area contributed by atoms with Gasteiger partial charge in [-0.2, -0.15) is 0 Å². The molecule has 0 fully saturated rings. The zero-order valence-electron chi connectivity index (χ0n) is 11.3. The Balaban J connectivity index is 2.74. The van der Waals surface area contributed by atoms with Gasteiger partial charge < -0.3 is 15.0 Å². The summed E-state index contributed by atoms with van der Waals surface area (Å²) in [4.78, 5) is 14.1. The Morgan fingerprint density at radius 3 is 2.53 bits per heavy atom. The first-order valence-corrected chi connectivity index (χ1v) is 6.68. The van der Waals surface area contributed by atoms with Crippen LogP contribution in [0.5, 0.6) is 5.75 Å². The van der Waals surface area contributed by atoms with Crippen molar-refractivity contribution in [1.82, 2.24) is 10.2 Å². The molecule has 1 aromatic rings. The van der Waals surface area contributed by atoms with Gasteiger partial charge >= 0.3 is 0 Å². The number of methoxy groups -OCH3 is 1. The number of halogens is 2. The predicted molar refractivity (Wildman–Crippen MR) is 78.5 cm³/mol. The third-order valence-corrected chi connectivity index (χ3v) is 3.17. The van der Waals surface area contributed by atoms with Crippen molar-refractivity contribution in [2.24, 2.45) is 0 Å². The lowest BCUT2D eigenvalue weighted by molar-refractivity contribution is 0.0949. The molecule has 0 atom stereocenters. The third-order valence-electron chi connectivity index (χ3n) is 2.56. The number of nitrogens with zero attached hydrogens (tertiary/aromatic N) is 1. The summed E-state index contributed by atoms with van der Waals surface area (Å²) in [6.07, 6.45) is 0.860. The highest BCUT2D eigenvalue weighted by molar-refractivity contribution is 6.37. The molecule has 0 aliphatic rings. The molecule has 1 aromatic carbocycles. The Kier molecular flexibility index (Phi) is 6.42. The van der Waals surface area contributed by atoms with Crippen LogP contribution in [0, 0.1) is 0 Å². The molecule has 1 N–H and O–H groups in total. The number of ether oxygens (including phenoxy) is 1. The van der Waals surface area contributed by atoms with Gasteiger partial charge in [-0.25, -0.2) is 0 Å². The highest BCUT2D eigenvalue weighted by Gasteiger charge is 2.18. The lowest BCUT2D eigenvalue weighted by Gasteiger charge is -2.13. The summed E-state index contributed by atoms with van der Waals surface area (Å²) >= 11 is 12.0. The van der Waals surface area contributed by atoms with Gasteiger partial charge in [0.15, 0.2) is 5.75 Å². The lowest BCUT2D eigenvalue weighted by Crippen LogP contribution is -2.27. The van der Waals surface area contributed by atoms with Crippen LogP contribution in [0.15, 0.2) is 12.1 Å². The number of carbonyl (C=O) groups is 1. The average Bonchev–Trinajstić information content (AvgIpc) is 2.36. The van der Waals surface area contributed by atoms with Crippen molar-refractivity contribution in [3.63, 3.8) is 0 Å². The van der Waals surface area contributed by atoms with Gasteiger partial charge in [-0.15, -0.1) is 0 Å². The van der Waals surface area contributed by atoms with E-state index in [4.69, 9.17) is 27.9 Å². The van der Waals surface area contributed by atoms with Gasteiger partial charge in [-0.05, 0) is 39.2 Å². The minimum atomic E-state index is -0.275. The summed E-state index contributed by atoms with van der Waals surface area (Å²) in [5, 5.41) is 3.50. The van der Waals surface area contributed by atoms with Crippen molar-refractivity contribution < 1.29 is 9.53 Å². The molecule has 0 saturated heterocycles. The highest BCUT2D eigenvalue weighted by atomic mass is 35.5. The Bertz CT molecular complexity index is 451. The van der Waals surface area contributed by atoms with Crippen LogP contribution in [-0.2, 0) is 0 Å². The van der Waals surface area contributed by atoms with Crippen molar-refractivity contribution in [3.8, 4) is 5.75 Å². The van der Waals surface area contributed by atoms with Gasteiger partial charge in [-0.1, -0.05) is 23.2 Å². The molecule has 0 saturated carbocycles. The molecule has 1 amide bonds. The molecule has 4 nitrogen and oxygen atoms in total. The van der Waals surface area contributed by atoms with E-state index >= 15 is 0 Å². The van der Waals surface area contributed by atoms with E-state index in [0.29, 0.717) is 22.3 Å². The molecule has 0 heterocycles. The van der Waals surface area contributed by atoms with Gasteiger partial charge in [0.05, 0.1) is 17.2 Å². The molecule has 0 radical (unpaired) electrons. The number of hydrogen-bond acceptors (Lipinski definition) is 3. The summed E-state index contributed by atoms with van der Waals surface area (Å²) in [5.74, 6) is 0.0300. The fraction of sp³-hybridized carbons (Fsp3) is 0.462. The molecule has 19 heavy (non-hydrogen) atoms. The van der Waals surface area contributed by atoms with Crippen LogP contribution in [0.2, 0.25) is 10.0 Å². The second kappa shape index (κ2) is 7.58. The Morgan fingerprint density at radius 2 is 1.95 bits per heavy atom. The average molecular weight is 305 g/mol. The Labute approximate surface area is 123 Å². The first-order chi connectivity index (χ1) is 8.97. The largest absolute Gasteiger partial charge is 0.494 e. The molecule has 1 rings (SSSR count). The zero-order chi connectivity index (χ0) is 14.4. The second-order valence-electron chi connectivity index (χ2n) is 4.35. The fourth-order valence-electron chi connectivity index (χ4n) is 1.63. The van der Waals surface area contributed by atoms with Crippen molar-refractivity contribution in [2.75, 3.05) is 34.3 Å². The summed E-state index contributed by atoms with van der Waals surface area (Å²) in [6, 6.07) is 3.19. The van der Waals surface area contributed by atoms with E-state index in [1.807, 2.05) is 14.1 Å². The Morgan fingerprint density at radius 1 is 1.32 bits per heavy atom. The quantitative estimate of drug-likeness (QED) is 0.822. The second-order valence-corrected chi connectivity index (χ2v) is 5.16. The van der Waals surface area contributed by atoms with Crippen molar-refractivity contribution >= 4 is 29.1 Å². The van der Waals surface area contributed by atoms with Crippen molar-refractivity contribution in [3.05, 3.63) is 27.7 Å². The van der Waals surface area contributed by atoms with Gasteiger partial charge in [-0.3, -0.25) is 4.79 Å². The highest BCUT2D eigenvalue weighted by Crippen LogP contribution is 2.33. The van der Waals surface area contributed by atoms with E-state index in [9.17, 15) is 4.79 Å². The SMILES string of the molecule is COc1c(Cl)ccc(Cl)c1C(=O)NCCCN(C)C. The van der Waals surface area contributed by atoms with Crippen LogP contribution in [-0.4, -0.2) is 45.1 Å². The van der Waals surface area contributed by atoms with Crippen LogP contribution in [0.1, 0.15) is 16.8 Å². The van der Waals surface area contributed by atoms with Crippen LogP contribution < -0.4 is 10.1 Å². The predicted octanol–water partition coefficient (Wildman–Crippen LogP) is 2.68. The van der Waals surface area contributed by atoms with E-state index in [1.165, 1.54) is 7.11 Å². The van der Waals surface area contributed by atoms with Gasteiger partial charge in [0.2, 0.25) is 0 Å². The molecular formula is C13H18Cl2N2O2. The maximum atomic E-state index is 12.1. The minimum Gasteiger partial charge on any atom is -0.494 e. The summed E-state index contributed by atoms with van der Waals surface area (Å²) in [6.45, 7) is 1.48. The molecule has 6 heteroatoms. The van der Waals surface area contributed by atoms with E-state index in [-0.39, 0.29) is 11.5 Å².